The third-order valence-corrected chi connectivity index (χ3v) is 5.91. The highest BCUT2D eigenvalue weighted by Crippen LogP contribution is 2.33. The minimum atomic E-state index is -0.272. The molecule has 28 heavy (non-hydrogen) atoms. The van der Waals surface area contributed by atoms with Crippen molar-refractivity contribution in [3.8, 4) is 0 Å². The number of benzene rings is 2. The molecule has 148 valence electrons. The summed E-state index contributed by atoms with van der Waals surface area (Å²) in [6.45, 7) is 0.431. The normalized spacial score (nSPS) is 14.5. The highest BCUT2D eigenvalue weighted by molar-refractivity contribution is 7.98. The van der Waals surface area contributed by atoms with Crippen molar-refractivity contribution in [1.82, 2.24) is 5.32 Å². The maximum Gasteiger partial charge on any atom is 0.287 e. The van der Waals surface area contributed by atoms with E-state index in [2.05, 4.69) is 5.32 Å². The Kier molecular flexibility index (Phi) is 6.65. The SMILES string of the molecule is Cl.NC(CNC(=O)c1oc2ccccc2c1CSc1ccccc1F)C1CC1. The molecule has 0 spiro atoms. The highest BCUT2D eigenvalue weighted by atomic mass is 35.5. The molecule has 1 aliphatic carbocycles. The minimum Gasteiger partial charge on any atom is -0.451 e. The number of hydrogen-bond donors (Lipinski definition) is 2. The Morgan fingerprint density at radius 3 is 2.68 bits per heavy atom. The Bertz CT molecular complexity index is 974. The summed E-state index contributed by atoms with van der Waals surface area (Å²) in [6.07, 6.45) is 2.26. The van der Waals surface area contributed by atoms with Crippen molar-refractivity contribution in [2.24, 2.45) is 11.7 Å². The minimum absolute atomic E-state index is 0. The second kappa shape index (κ2) is 8.99. The number of carbonyl (C=O) groups is 1. The monoisotopic (exact) mass is 420 g/mol. The largest absolute Gasteiger partial charge is 0.451 e. The highest BCUT2D eigenvalue weighted by Gasteiger charge is 2.29. The number of furan rings is 1. The predicted octanol–water partition coefficient (Wildman–Crippen LogP) is 4.75. The Labute approximate surface area is 173 Å². The molecular weight excluding hydrogens is 399 g/mol. The molecule has 3 aromatic rings. The van der Waals surface area contributed by atoms with E-state index in [0.29, 0.717) is 28.7 Å². The molecule has 0 radical (unpaired) electrons. The molecule has 1 heterocycles. The van der Waals surface area contributed by atoms with Gasteiger partial charge in [0.05, 0.1) is 0 Å². The van der Waals surface area contributed by atoms with Gasteiger partial charge in [-0.3, -0.25) is 4.79 Å². The molecule has 4 rings (SSSR count). The Morgan fingerprint density at radius 1 is 1.21 bits per heavy atom. The van der Waals surface area contributed by atoms with Crippen LogP contribution >= 0.6 is 24.2 Å². The molecule has 1 fully saturated rings. The van der Waals surface area contributed by atoms with Crippen molar-refractivity contribution < 1.29 is 13.6 Å². The number of hydrogen-bond acceptors (Lipinski definition) is 4. The molecule has 1 aliphatic rings. The van der Waals surface area contributed by atoms with Gasteiger partial charge in [0.2, 0.25) is 0 Å². The predicted molar refractivity (Wildman–Crippen MR) is 112 cm³/mol. The van der Waals surface area contributed by atoms with Crippen molar-refractivity contribution in [2.75, 3.05) is 6.54 Å². The van der Waals surface area contributed by atoms with Gasteiger partial charge < -0.3 is 15.5 Å². The van der Waals surface area contributed by atoms with Crippen molar-refractivity contribution in [3.05, 3.63) is 65.7 Å². The van der Waals surface area contributed by atoms with Gasteiger partial charge >= 0.3 is 0 Å². The topological polar surface area (TPSA) is 68.3 Å². The zero-order chi connectivity index (χ0) is 18.8. The molecule has 4 nitrogen and oxygen atoms in total. The van der Waals surface area contributed by atoms with E-state index in [0.717, 1.165) is 23.8 Å². The van der Waals surface area contributed by atoms with Crippen LogP contribution in [0.1, 0.15) is 29.0 Å². The van der Waals surface area contributed by atoms with Gasteiger partial charge in [-0.15, -0.1) is 24.2 Å². The summed E-state index contributed by atoms with van der Waals surface area (Å²) in [7, 11) is 0. The standard InChI is InChI=1S/C21H21FN2O2S.ClH/c22-16-6-2-4-8-19(16)27-12-15-14-5-1-3-7-18(14)26-20(15)21(25)24-11-17(23)13-9-10-13;/h1-8,13,17H,9-12,23H2,(H,24,25);1H. The van der Waals surface area contributed by atoms with Gasteiger partial charge in [-0.1, -0.05) is 30.3 Å². The van der Waals surface area contributed by atoms with Crippen LogP contribution in [0.15, 0.2) is 57.8 Å². The molecule has 2 aromatic carbocycles. The van der Waals surface area contributed by atoms with Crippen LogP contribution in [0.4, 0.5) is 4.39 Å². The lowest BCUT2D eigenvalue weighted by molar-refractivity contribution is 0.0924. The van der Waals surface area contributed by atoms with Gasteiger partial charge in [-0.25, -0.2) is 4.39 Å². The maximum atomic E-state index is 13.9. The number of para-hydroxylation sites is 1. The van der Waals surface area contributed by atoms with Gasteiger partial charge in [-0.2, -0.15) is 0 Å². The number of amides is 1. The number of halogens is 2. The lowest BCUT2D eigenvalue weighted by atomic mass is 10.1. The van der Waals surface area contributed by atoms with E-state index in [1.165, 1.54) is 17.8 Å². The van der Waals surface area contributed by atoms with Crippen molar-refractivity contribution in [2.45, 2.75) is 29.5 Å². The summed E-state index contributed by atoms with van der Waals surface area (Å²) in [5, 5.41) is 3.76. The van der Waals surface area contributed by atoms with E-state index in [1.807, 2.05) is 24.3 Å². The molecule has 1 saturated carbocycles. The quantitative estimate of drug-likeness (QED) is 0.541. The number of thioether (sulfide) groups is 1. The number of carbonyl (C=O) groups excluding carboxylic acids is 1. The fourth-order valence-electron chi connectivity index (χ4n) is 3.12. The van der Waals surface area contributed by atoms with Crippen LogP contribution in [0.5, 0.6) is 0 Å². The van der Waals surface area contributed by atoms with Crippen LogP contribution < -0.4 is 11.1 Å². The van der Waals surface area contributed by atoms with Gasteiger partial charge in [-0.05, 0) is 37.0 Å². The zero-order valence-corrected chi connectivity index (χ0v) is 16.8. The molecule has 7 heteroatoms. The fraction of sp³-hybridized carbons (Fsp3) is 0.286. The number of nitrogens with one attached hydrogen (secondary N) is 1. The van der Waals surface area contributed by atoms with Crippen LogP contribution in [-0.4, -0.2) is 18.5 Å². The average molecular weight is 421 g/mol. The van der Waals surface area contributed by atoms with Crippen molar-refractivity contribution >= 4 is 41.0 Å². The smallest absolute Gasteiger partial charge is 0.287 e. The second-order valence-corrected chi connectivity index (χ2v) is 7.85. The molecule has 1 amide bonds. The summed E-state index contributed by atoms with van der Waals surface area (Å²) in [5.74, 6) is 0.693. The van der Waals surface area contributed by atoms with E-state index in [1.54, 1.807) is 18.2 Å². The van der Waals surface area contributed by atoms with Crippen LogP contribution in [0.25, 0.3) is 11.0 Å². The number of rotatable bonds is 7. The third-order valence-electron chi connectivity index (χ3n) is 4.84. The van der Waals surface area contributed by atoms with Crippen LogP contribution in [0.3, 0.4) is 0 Å². The Hall–Kier alpha value is -2.02. The molecule has 0 aliphatic heterocycles. The van der Waals surface area contributed by atoms with Gasteiger partial charge in [0.25, 0.3) is 5.91 Å². The van der Waals surface area contributed by atoms with E-state index in [4.69, 9.17) is 10.2 Å². The van der Waals surface area contributed by atoms with E-state index in [9.17, 15) is 9.18 Å². The Morgan fingerprint density at radius 2 is 1.93 bits per heavy atom. The number of fused-ring (bicyclic) bond motifs is 1. The molecular formula is C21H22ClFN2O2S. The fourth-order valence-corrected chi connectivity index (χ4v) is 4.09. The molecule has 1 aromatic heterocycles. The molecule has 0 bridgehead atoms. The van der Waals surface area contributed by atoms with E-state index < -0.39 is 0 Å². The summed E-state index contributed by atoms with van der Waals surface area (Å²) in [6, 6.07) is 14.1. The van der Waals surface area contributed by atoms with Crippen LogP contribution in [0, 0.1) is 11.7 Å². The van der Waals surface area contributed by atoms with E-state index in [-0.39, 0.29) is 35.9 Å². The first-order chi connectivity index (χ1) is 13.1. The molecule has 1 atom stereocenters. The van der Waals surface area contributed by atoms with E-state index >= 15 is 0 Å². The summed E-state index contributed by atoms with van der Waals surface area (Å²) < 4.78 is 19.8. The summed E-state index contributed by atoms with van der Waals surface area (Å²) >= 11 is 1.35. The molecule has 3 N–H and O–H groups in total. The van der Waals surface area contributed by atoms with Crippen molar-refractivity contribution in [3.63, 3.8) is 0 Å². The average Bonchev–Trinajstić information content (AvgIpc) is 3.47. The van der Waals surface area contributed by atoms with Crippen LogP contribution in [-0.2, 0) is 5.75 Å². The summed E-state index contributed by atoms with van der Waals surface area (Å²) in [5.41, 5.74) is 7.50. The first-order valence-electron chi connectivity index (χ1n) is 9.05. The molecule has 1 unspecified atom stereocenters. The lowest BCUT2D eigenvalue weighted by Crippen LogP contribution is -2.38. The maximum absolute atomic E-state index is 13.9. The van der Waals surface area contributed by atoms with Gasteiger partial charge in [0, 0.05) is 34.2 Å². The summed E-state index contributed by atoms with van der Waals surface area (Å²) in [4.78, 5) is 13.3. The van der Waals surface area contributed by atoms with Crippen molar-refractivity contribution in [1.29, 1.82) is 0 Å². The lowest BCUT2D eigenvalue weighted by Gasteiger charge is -2.11. The first kappa shape index (κ1) is 20.7. The second-order valence-electron chi connectivity index (χ2n) is 6.84. The van der Waals surface area contributed by atoms with Gasteiger partial charge in [0.1, 0.15) is 11.4 Å². The number of nitrogens with two attached hydrogens (primary N) is 1. The molecule has 0 saturated heterocycles. The van der Waals surface area contributed by atoms with Crippen LogP contribution in [0.2, 0.25) is 0 Å². The zero-order valence-electron chi connectivity index (χ0n) is 15.2. The Balaban J connectivity index is 0.00000225. The van der Waals surface area contributed by atoms with Gasteiger partial charge in [0.15, 0.2) is 5.76 Å². The first-order valence-corrected chi connectivity index (χ1v) is 10.0. The third kappa shape index (κ3) is 4.51.